The number of hydrogen-bond donors (Lipinski definition) is 0. The van der Waals surface area contributed by atoms with Gasteiger partial charge in [0.1, 0.15) is 17.8 Å². The normalized spacial score (nSPS) is 22.1. The van der Waals surface area contributed by atoms with Gasteiger partial charge in [-0.05, 0) is 43.7 Å². The molecule has 2 atom stereocenters. The number of hydrogen-bond acceptors (Lipinski definition) is 4. The fourth-order valence-electron chi connectivity index (χ4n) is 3.79. The minimum absolute atomic E-state index is 0.0467. The lowest BCUT2D eigenvalue weighted by Gasteiger charge is -2.21. The number of benzene rings is 1. The highest BCUT2D eigenvalue weighted by atomic mass is 19.1. The Morgan fingerprint density at radius 2 is 2.23 bits per heavy atom. The molecule has 0 saturated carbocycles. The number of nitrogens with zero attached hydrogens (tertiary/aromatic N) is 2. The van der Waals surface area contributed by atoms with Crippen LogP contribution in [-0.2, 0) is 6.61 Å². The van der Waals surface area contributed by atoms with E-state index in [2.05, 4.69) is 18.0 Å². The van der Waals surface area contributed by atoms with E-state index in [9.17, 15) is 9.18 Å². The van der Waals surface area contributed by atoms with Crippen LogP contribution in [0.5, 0.6) is 5.75 Å². The molecule has 2 aliphatic rings. The third-order valence-corrected chi connectivity index (χ3v) is 5.15. The number of amides is 1. The molecule has 0 unspecified atom stereocenters. The number of carbonyl (C=O) groups is 1. The minimum atomic E-state index is -0.369. The maximum Gasteiger partial charge on any atom is 0.275 e. The highest BCUT2D eigenvalue weighted by molar-refractivity contribution is 5.92. The molecule has 0 N–H and O–H groups in total. The van der Waals surface area contributed by atoms with Crippen molar-refractivity contribution in [3.63, 3.8) is 0 Å². The summed E-state index contributed by atoms with van der Waals surface area (Å²) in [6.45, 7) is 3.75. The zero-order valence-electron chi connectivity index (χ0n) is 14.7. The summed E-state index contributed by atoms with van der Waals surface area (Å²) >= 11 is 0. The van der Waals surface area contributed by atoms with E-state index in [1.807, 2.05) is 4.90 Å². The molecule has 1 saturated heterocycles. The van der Waals surface area contributed by atoms with Crippen molar-refractivity contribution in [1.29, 1.82) is 0 Å². The summed E-state index contributed by atoms with van der Waals surface area (Å²) < 4.78 is 24.0. The summed E-state index contributed by atoms with van der Waals surface area (Å²) in [5, 5.41) is 0. The van der Waals surface area contributed by atoms with Gasteiger partial charge < -0.3 is 14.1 Å². The Morgan fingerprint density at radius 3 is 3.08 bits per heavy atom. The van der Waals surface area contributed by atoms with Crippen LogP contribution < -0.4 is 4.74 Å². The number of oxazole rings is 1. The summed E-state index contributed by atoms with van der Waals surface area (Å²) in [5.41, 5.74) is 1.71. The average Bonchev–Trinajstić information content (AvgIpc) is 3.26. The number of aromatic nitrogens is 1. The van der Waals surface area contributed by atoms with Crippen molar-refractivity contribution in [2.75, 3.05) is 13.1 Å². The molecular formula is C20H21FN2O3. The standard InChI is InChI=1S/C20H21FN2O3/c1-13-5-6-14-9-23(10-15(14)7-13)20(24)18-11-26-19(22-18)12-25-17-4-2-3-16(21)8-17/h2-5,8,11,14-15H,6-7,9-10,12H2,1H3/t14-,15+/m0/s1. The number of likely N-dealkylation sites (tertiary alicyclic amines) is 1. The van der Waals surface area contributed by atoms with Crippen molar-refractivity contribution in [2.24, 2.45) is 11.8 Å². The molecule has 0 radical (unpaired) electrons. The van der Waals surface area contributed by atoms with Gasteiger partial charge >= 0.3 is 0 Å². The van der Waals surface area contributed by atoms with E-state index in [1.54, 1.807) is 12.1 Å². The summed E-state index contributed by atoms with van der Waals surface area (Å²) in [4.78, 5) is 18.8. The molecule has 0 spiro atoms. The van der Waals surface area contributed by atoms with Crippen molar-refractivity contribution in [1.82, 2.24) is 9.88 Å². The first-order valence-electron chi connectivity index (χ1n) is 8.86. The lowest BCUT2D eigenvalue weighted by molar-refractivity contribution is 0.0778. The van der Waals surface area contributed by atoms with Crippen LogP contribution in [0.4, 0.5) is 4.39 Å². The first-order valence-corrected chi connectivity index (χ1v) is 8.86. The Morgan fingerprint density at radius 1 is 1.38 bits per heavy atom. The second-order valence-corrected chi connectivity index (χ2v) is 7.09. The molecule has 4 rings (SSSR count). The molecule has 1 aliphatic carbocycles. The molecule has 2 heterocycles. The summed E-state index contributed by atoms with van der Waals surface area (Å²) in [7, 11) is 0. The van der Waals surface area contributed by atoms with Gasteiger partial charge in [0.2, 0.25) is 5.89 Å². The molecule has 1 aromatic carbocycles. The predicted octanol–water partition coefficient (Wildman–Crippen LogP) is 3.82. The van der Waals surface area contributed by atoms with E-state index >= 15 is 0 Å². The molecule has 2 aromatic rings. The van der Waals surface area contributed by atoms with Crippen LogP contribution >= 0.6 is 0 Å². The predicted molar refractivity (Wildman–Crippen MR) is 93.1 cm³/mol. The van der Waals surface area contributed by atoms with E-state index in [4.69, 9.17) is 9.15 Å². The van der Waals surface area contributed by atoms with Crippen molar-refractivity contribution in [3.8, 4) is 5.75 Å². The van der Waals surface area contributed by atoms with Gasteiger partial charge in [-0.15, -0.1) is 0 Å². The first-order chi connectivity index (χ1) is 12.6. The van der Waals surface area contributed by atoms with Crippen molar-refractivity contribution in [3.05, 3.63) is 59.6 Å². The zero-order valence-corrected chi connectivity index (χ0v) is 14.7. The van der Waals surface area contributed by atoms with Crippen LogP contribution in [0.25, 0.3) is 0 Å². The number of fused-ring (bicyclic) bond motifs is 1. The van der Waals surface area contributed by atoms with E-state index < -0.39 is 0 Å². The van der Waals surface area contributed by atoms with Gasteiger partial charge in [0, 0.05) is 19.2 Å². The molecule has 26 heavy (non-hydrogen) atoms. The number of allylic oxidation sites excluding steroid dienone is 2. The molecule has 6 heteroatoms. The Balaban J connectivity index is 1.36. The molecule has 136 valence electrons. The van der Waals surface area contributed by atoms with E-state index in [-0.39, 0.29) is 18.3 Å². The van der Waals surface area contributed by atoms with Crippen LogP contribution in [-0.4, -0.2) is 28.9 Å². The number of ether oxygens (including phenoxy) is 1. The van der Waals surface area contributed by atoms with Crippen LogP contribution in [0.1, 0.15) is 36.1 Å². The Hall–Kier alpha value is -2.63. The van der Waals surface area contributed by atoms with Crippen molar-refractivity contribution >= 4 is 5.91 Å². The number of halogens is 1. The molecule has 0 bridgehead atoms. The van der Waals surface area contributed by atoms with E-state index in [0.717, 1.165) is 25.9 Å². The second-order valence-electron chi connectivity index (χ2n) is 7.09. The van der Waals surface area contributed by atoms with Gasteiger partial charge in [-0.3, -0.25) is 4.79 Å². The fraction of sp³-hybridized carbons (Fsp3) is 0.400. The van der Waals surface area contributed by atoms with Gasteiger partial charge in [0.15, 0.2) is 12.3 Å². The Kier molecular flexibility index (Phi) is 4.49. The summed E-state index contributed by atoms with van der Waals surface area (Å²) in [6.07, 6.45) is 5.77. The zero-order chi connectivity index (χ0) is 18.1. The Bertz CT molecular complexity index is 845. The van der Waals surface area contributed by atoms with Gasteiger partial charge in [0.25, 0.3) is 5.91 Å². The molecule has 1 aromatic heterocycles. The summed E-state index contributed by atoms with van der Waals surface area (Å²) in [6, 6.07) is 5.86. The number of carbonyl (C=O) groups excluding carboxylic acids is 1. The van der Waals surface area contributed by atoms with Gasteiger partial charge in [-0.2, -0.15) is 0 Å². The Labute approximate surface area is 151 Å². The molecule has 1 aliphatic heterocycles. The van der Waals surface area contributed by atoms with Crippen molar-refractivity contribution < 1.29 is 18.3 Å². The highest BCUT2D eigenvalue weighted by Crippen LogP contribution is 2.36. The molecule has 5 nitrogen and oxygen atoms in total. The van der Waals surface area contributed by atoms with Crippen LogP contribution in [0.15, 0.2) is 46.6 Å². The van der Waals surface area contributed by atoms with Crippen LogP contribution in [0.3, 0.4) is 0 Å². The van der Waals surface area contributed by atoms with Crippen molar-refractivity contribution in [2.45, 2.75) is 26.4 Å². The average molecular weight is 356 g/mol. The second kappa shape index (κ2) is 6.94. The van der Waals surface area contributed by atoms with E-state index in [1.165, 1.54) is 24.0 Å². The SMILES string of the molecule is CC1=CC[C@H]2CN(C(=O)c3coc(COc4cccc(F)c4)n3)C[C@H]2C1. The fourth-order valence-corrected chi connectivity index (χ4v) is 3.79. The van der Waals surface area contributed by atoms with Gasteiger partial charge in [-0.1, -0.05) is 17.7 Å². The maximum absolute atomic E-state index is 13.2. The lowest BCUT2D eigenvalue weighted by atomic mass is 9.83. The number of rotatable bonds is 4. The third-order valence-electron chi connectivity index (χ3n) is 5.15. The molecular weight excluding hydrogens is 335 g/mol. The van der Waals surface area contributed by atoms with Gasteiger partial charge in [-0.25, -0.2) is 9.37 Å². The quantitative estimate of drug-likeness (QED) is 0.782. The van der Waals surface area contributed by atoms with Gasteiger partial charge in [0.05, 0.1) is 0 Å². The van der Waals surface area contributed by atoms with Crippen LogP contribution in [0, 0.1) is 17.7 Å². The minimum Gasteiger partial charge on any atom is -0.484 e. The maximum atomic E-state index is 13.2. The smallest absolute Gasteiger partial charge is 0.275 e. The first kappa shape index (κ1) is 16.8. The largest absolute Gasteiger partial charge is 0.484 e. The van der Waals surface area contributed by atoms with E-state index in [0.29, 0.717) is 29.2 Å². The van der Waals surface area contributed by atoms with Crippen LogP contribution in [0.2, 0.25) is 0 Å². The monoisotopic (exact) mass is 356 g/mol. The summed E-state index contributed by atoms with van der Waals surface area (Å²) in [5.74, 6) is 1.31. The molecule has 1 fully saturated rings. The highest BCUT2D eigenvalue weighted by Gasteiger charge is 2.37. The third kappa shape index (κ3) is 3.49. The topological polar surface area (TPSA) is 55.6 Å². The molecule has 1 amide bonds. The lowest BCUT2D eigenvalue weighted by Crippen LogP contribution is -2.29.